The van der Waals surface area contributed by atoms with Crippen molar-refractivity contribution in [2.24, 2.45) is 5.92 Å². The highest BCUT2D eigenvalue weighted by atomic mass is 14.9. The van der Waals surface area contributed by atoms with Crippen molar-refractivity contribution in [2.75, 3.05) is 6.54 Å². The fraction of sp³-hybridized carbons (Fsp3) is 0.462. The first-order valence-electron chi connectivity index (χ1n) is 5.78. The summed E-state index contributed by atoms with van der Waals surface area (Å²) in [5, 5.41) is 3.61. The monoisotopic (exact) mass is 200 g/mol. The molecular formula is C13H16N2. The van der Waals surface area contributed by atoms with Crippen molar-refractivity contribution in [1.29, 1.82) is 0 Å². The molecule has 3 rings (SSSR count). The molecule has 1 N–H and O–H groups in total. The van der Waals surface area contributed by atoms with Crippen LogP contribution in [0.4, 0.5) is 0 Å². The summed E-state index contributed by atoms with van der Waals surface area (Å²) in [5.74, 6) is 0.758. The van der Waals surface area contributed by atoms with E-state index in [-0.39, 0.29) is 0 Å². The lowest BCUT2D eigenvalue weighted by atomic mass is 9.94. The van der Waals surface area contributed by atoms with Crippen molar-refractivity contribution in [3.63, 3.8) is 0 Å². The van der Waals surface area contributed by atoms with Gasteiger partial charge < -0.3 is 5.32 Å². The lowest BCUT2D eigenvalue weighted by molar-refractivity contribution is 0.348. The van der Waals surface area contributed by atoms with Crippen LogP contribution in [0.3, 0.4) is 0 Å². The van der Waals surface area contributed by atoms with Gasteiger partial charge in [0.15, 0.2) is 0 Å². The summed E-state index contributed by atoms with van der Waals surface area (Å²) in [7, 11) is 0. The Morgan fingerprint density at radius 1 is 1.40 bits per heavy atom. The van der Waals surface area contributed by atoms with Gasteiger partial charge in [0, 0.05) is 18.4 Å². The smallest absolute Gasteiger partial charge is 0.0342 e. The van der Waals surface area contributed by atoms with E-state index >= 15 is 0 Å². The van der Waals surface area contributed by atoms with Crippen molar-refractivity contribution >= 4 is 5.57 Å². The van der Waals surface area contributed by atoms with E-state index in [1.165, 1.54) is 36.9 Å². The molecule has 1 aromatic rings. The number of nitrogens with one attached hydrogen (secondary N) is 1. The predicted molar refractivity (Wildman–Crippen MR) is 61.3 cm³/mol. The zero-order chi connectivity index (χ0) is 10.1. The predicted octanol–water partition coefficient (Wildman–Crippen LogP) is 2.24. The Labute approximate surface area is 90.4 Å². The summed E-state index contributed by atoms with van der Waals surface area (Å²) < 4.78 is 0. The Balaban J connectivity index is 1.84. The minimum absolute atomic E-state index is 0.689. The molecule has 0 aromatic carbocycles. The average molecular weight is 200 g/mol. The summed E-state index contributed by atoms with van der Waals surface area (Å²) in [6.45, 7) is 1.19. The SMILES string of the molecule is C1=C(c2cccnc2)C[C@@H]2NCCC[C@H]12. The molecule has 15 heavy (non-hydrogen) atoms. The molecule has 1 aliphatic heterocycles. The van der Waals surface area contributed by atoms with E-state index in [2.05, 4.69) is 22.4 Å². The lowest BCUT2D eigenvalue weighted by Crippen LogP contribution is -2.37. The van der Waals surface area contributed by atoms with Gasteiger partial charge in [-0.25, -0.2) is 0 Å². The van der Waals surface area contributed by atoms with E-state index < -0.39 is 0 Å². The molecule has 2 heteroatoms. The third kappa shape index (κ3) is 1.70. The Hall–Kier alpha value is -1.15. The highest BCUT2D eigenvalue weighted by molar-refractivity contribution is 5.68. The molecule has 0 bridgehead atoms. The van der Waals surface area contributed by atoms with E-state index in [9.17, 15) is 0 Å². The molecular weight excluding hydrogens is 184 g/mol. The van der Waals surface area contributed by atoms with Gasteiger partial charge in [0.2, 0.25) is 0 Å². The summed E-state index contributed by atoms with van der Waals surface area (Å²) in [6.07, 6.45) is 10.1. The molecule has 2 heterocycles. The van der Waals surface area contributed by atoms with Crippen LogP contribution in [-0.2, 0) is 0 Å². The number of piperidine rings is 1. The van der Waals surface area contributed by atoms with Crippen molar-refractivity contribution in [3.05, 3.63) is 36.2 Å². The number of hydrogen-bond acceptors (Lipinski definition) is 2. The molecule has 0 radical (unpaired) electrons. The number of rotatable bonds is 1. The van der Waals surface area contributed by atoms with Gasteiger partial charge in [-0.1, -0.05) is 12.1 Å². The van der Waals surface area contributed by atoms with Crippen molar-refractivity contribution in [2.45, 2.75) is 25.3 Å². The van der Waals surface area contributed by atoms with Gasteiger partial charge in [-0.3, -0.25) is 4.98 Å². The normalized spacial score (nSPS) is 29.7. The molecule has 0 amide bonds. The molecule has 2 nitrogen and oxygen atoms in total. The number of nitrogens with zero attached hydrogens (tertiary/aromatic N) is 1. The maximum Gasteiger partial charge on any atom is 0.0342 e. The average Bonchev–Trinajstić information content (AvgIpc) is 2.74. The highest BCUT2D eigenvalue weighted by Crippen LogP contribution is 2.35. The van der Waals surface area contributed by atoms with Crippen LogP contribution in [0.2, 0.25) is 0 Å². The second-order valence-corrected chi connectivity index (χ2v) is 4.50. The Kier molecular flexibility index (Phi) is 2.29. The second kappa shape index (κ2) is 3.78. The Morgan fingerprint density at radius 2 is 2.40 bits per heavy atom. The van der Waals surface area contributed by atoms with E-state index in [0.29, 0.717) is 6.04 Å². The minimum atomic E-state index is 0.689. The first-order chi connectivity index (χ1) is 7.43. The minimum Gasteiger partial charge on any atom is -0.313 e. The van der Waals surface area contributed by atoms with Crippen molar-refractivity contribution < 1.29 is 0 Å². The molecule has 1 saturated heterocycles. The fourth-order valence-electron chi connectivity index (χ4n) is 2.73. The van der Waals surface area contributed by atoms with E-state index in [1.54, 1.807) is 0 Å². The maximum atomic E-state index is 4.19. The van der Waals surface area contributed by atoms with Gasteiger partial charge in [-0.2, -0.15) is 0 Å². The summed E-state index contributed by atoms with van der Waals surface area (Å²) in [6, 6.07) is 4.87. The van der Waals surface area contributed by atoms with Gasteiger partial charge in [0.1, 0.15) is 0 Å². The molecule has 0 unspecified atom stereocenters. The fourth-order valence-corrected chi connectivity index (χ4v) is 2.73. The van der Waals surface area contributed by atoms with Crippen LogP contribution in [-0.4, -0.2) is 17.6 Å². The number of hydrogen-bond donors (Lipinski definition) is 1. The van der Waals surface area contributed by atoms with Gasteiger partial charge in [0.05, 0.1) is 0 Å². The third-order valence-electron chi connectivity index (χ3n) is 3.53. The molecule has 1 fully saturated rings. The lowest BCUT2D eigenvalue weighted by Gasteiger charge is -2.25. The number of pyridine rings is 1. The Bertz CT molecular complexity index is 369. The van der Waals surface area contributed by atoms with Crippen LogP contribution in [0.1, 0.15) is 24.8 Å². The quantitative estimate of drug-likeness (QED) is 0.752. The zero-order valence-corrected chi connectivity index (χ0v) is 8.82. The molecule has 78 valence electrons. The molecule has 1 aliphatic carbocycles. The van der Waals surface area contributed by atoms with Crippen molar-refractivity contribution in [1.82, 2.24) is 10.3 Å². The van der Waals surface area contributed by atoms with Crippen LogP contribution in [0.5, 0.6) is 0 Å². The Morgan fingerprint density at radius 3 is 3.20 bits per heavy atom. The van der Waals surface area contributed by atoms with Gasteiger partial charge >= 0.3 is 0 Å². The summed E-state index contributed by atoms with van der Waals surface area (Å²) in [5.41, 5.74) is 2.78. The number of aromatic nitrogens is 1. The second-order valence-electron chi connectivity index (χ2n) is 4.50. The van der Waals surface area contributed by atoms with E-state index in [1.807, 2.05) is 18.5 Å². The summed E-state index contributed by atoms with van der Waals surface area (Å²) in [4.78, 5) is 4.19. The van der Waals surface area contributed by atoms with Gasteiger partial charge in [-0.05, 0) is 48.9 Å². The highest BCUT2D eigenvalue weighted by Gasteiger charge is 2.29. The van der Waals surface area contributed by atoms with Gasteiger partial charge in [0.25, 0.3) is 0 Å². The van der Waals surface area contributed by atoms with Crippen LogP contribution in [0.15, 0.2) is 30.6 Å². The standard InChI is InChI=1S/C13H16N2/c1-4-11(9-14-5-1)12-7-10-3-2-6-15-13(10)8-12/h1,4-5,7,9-10,13,15H,2-3,6,8H2/t10-,13+/m1/s1. The first kappa shape index (κ1) is 9.10. The molecule has 1 aromatic heterocycles. The van der Waals surface area contributed by atoms with E-state index in [0.717, 1.165) is 5.92 Å². The van der Waals surface area contributed by atoms with Crippen LogP contribution in [0, 0.1) is 5.92 Å². The first-order valence-corrected chi connectivity index (χ1v) is 5.78. The molecule has 0 saturated carbocycles. The maximum absolute atomic E-state index is 4.19. The third-order valence-corrected chi connectivity index (χ3v) is 3.53. The van der Waals surface area contributed by atoms with Crippen LogP contribution < -0.4 is 5.32 Å². The molecule has 0 spiro atoms. The van der Waals surface area contributed by atoms with Crippen LogP contribution >= 0.6 is 0 Å². The topological polar surface area (TPSA) is 24.9 Å². The van der Waals surface area contributed by atoms with Gasteiger partial charge in [-0.15, -0.1) is 0 Å². The van der Waals surface area contributed by atoms with E-state index in [4.69, 9.17) is 0 Å². The molecule has 2 atom stereocenters. The van der Waals surface area contributed by atoms with Crippen molar-refractivity contribution in [3.8, 4) is 0 Å². The summed E-state index contributed by atoms with van der Waals surface area (Å²) >= 11 is 0. The largest absolute Gasteiger partial charge is 0.313 e. The molecule has 2 aliphatic rings. The van der Waals surface area contributed by atoms with Crippen LogP contribution in [0.25, 0.3) is 5.57 Å². The zero-order valence-electron chi connectivity index (χ0n) is 8.82. The number of fused-ring (bicyclic) bond motifs is 1.